The van der Waals surface area contributed by atoms with Gasteiger partial charge in [0.1, 0.15) is 23.3 Å². The van der Waals surface area contributed by atoms with Crippen molar-refractivity contribution >= 4 is 5.91 Å². The Morgan fingerprint density at radius 2 is 2.10 bits per heavy atom. The molecule has 1 atom stereocenters. The smallest absolute Gasteiger partial charge is 0.287 e. The van der Waals surface area contributed by atoms with Gasteiger partial charge in [0.15, 0.2) is 5.76 Å². The lowest BCUT2D eigenvalue weighted by molar-refractivity contribution is 0.0854. The maximum atomic E-state index is 12.1. The topological polar surface area (TPSA) is 64.6 Å². The van der Waals surface area contributed by atoms with Crippen molar-refractivity contribution < 1.29 is 18.4 Å². The Bertz CT molecular complexity index is 570. The van der Waals surface area contributed by atoms with Crippen molar-refractivity contribution in [3.8, 4) is 0 Å². The van der Waals surface area contributed by atoms with Crippen LogP contribution in [0.3, 0.4) is 0 Å². The average Bonchev–Trinajstić information content (AvgIpc) is 3.06. The van der Waals surface area contributed by atoms with Crippen LogP contribution in [-0.2, 0) is 11.2 Å². The lowest BCUT2D eigenvalue weighted by Gasteiger charge is -2.14. The number of amides is 1. The normalized spacial score (nSPS) is 12.3. The molecular weight excluding hydrogens is 258 g/mol. The van der Waals surface area contributed by atoms with Crippen molar-refractivity contribution in [1.82, 2.24) is 5.32 Å². The molecule has 0 bridgehead atoms. The molecular formula is C15H19NO4. The maximum absolute atomic E-state index is 12.1. The molecule has 0 radical (unpaired) electrons. The first-order valence-corrected chi connectivity index (χ1v) is 6.59. The van der Waals surface area contributed by atoms with E-state index in [4.69, 9.17) is 13.6 Å². The summed E-state index contributed by atoms with van der Waals surface area (Å²) in [5.74, 6) is 2.26. The predicted molar refractivity (Wildman–Crippen MR) is 73.6 cm³/mol. The molecule has 0 fully saturated rings. The Morgan fingerprint density at radius 1 is 1.30 bits per heavy atom. The molecule has 1 unspecified atom stereocenters. The largest absolute Gasteiger partial charge is 0.464 e. The van der Waals surface area contributed by atoms with E-state index >= 15 is 0 Å². The fourth-order valence-electron chi connectivity index (χ4n) is 1.92. The second-order valence-corrected chi connectivity index (χ2v) is 4.55. The number of carbonyl (C=O) groups is 1. The zero-order valence-electron chi connectivity index (χ0n) is 11.9. The predicted octanol–water partition coefficient (Wildman–Crippen LogP) is 2.86. The van der Waals surface area contributed by atoms with Crippen molar-refractivity contribution in [1.29, 1.82) is 0 Å². The highest BCUT2D eigenvalue weighted by molar-refractivity contribution is 5.91. The van der Waals surface area contributed by atoms with E-state index in [0.717, 1.165) is 12.2 Å². The van der Waals surface area contributed by atoms with E-state index in [9.17, 15) is 4.79 Å². The zero-order valence-corrected chi connectivity index (χ0v) is 11.9. The highest BCUT2D eigenvalue weighted by Crippen LogP contribution is 2.18. The summed E-state index contributed by atoms with van der Waals surface area (Å²) >= 11 is 0. The van der Waals surface area contributed by atoms with E-state index in [1.807, 2.05) is 19.1 Å². The van der Waals surface area contributed by atoms with Crippen molar-refractivity contribution in [2.24, 2.45) is 0 Å². The molecule has 108 valence electrons. The Labute approximate surface area is 117 Å². The Kier molecular flexibility index (Phi) is 4.63. The molecule has 2 aromatic heterocycles. The summed E-state index contributed by atoms with van der Waals surface area (Å²) in [6.07, 6.45) is 0.811. The molecule has 2 heterocycles. The van der Waals surface area contributed by atoms with Crippen molar-refractivity contribution in [2.45, 2.75) is 26.3 Å². The molecule has 0 aliphatic heterocycles. The first-order chi connectivity index (χ1) is 9.63. The number of carbonyl (C=O) groups excluding carboxylic acids is 1. The second kappa shape index (κ2) is 6.43. The van der Waals surface area contributed by atoms with Gasteiger partial charge < -0.3 is 18.9 Å². The number of methoxy groups -OCH3 is 1. The number of aryl methyl sites for hydroxylation is 2. The van der Waals surface area contributed by atoms with Crippen LogP contribution in [0, 0.1) is 6.92 Å². The van der Waals surface area contributed by atoms with Gasteiger partial charge in [0.05, 0.1) is 6.61 Å². The molecule has 0 aromatic carbocycles. The molecule has 1 amide bonds. The van der Waals surface area contributed by atoms with Crippen LogP contribution in [0.5, 0.6) is 0 Å². The minimum atomic E-state index is -0.335. The monoisotopic (exact) mass is 277 g/mol. The lowest BCUT2D eigenvalue weighted by atomic mass is 10.2. The van der Waals surface area contributed by atoms with Crippen LogP contribution in [0.15, 0.2) is 33.1 Å². The molecule has 0 aliphatic rings. The molecule has 0 aliphatic carbocycles. The van der Waals surface area contributed by atoms with E-state index in [2.05, 4.69) is 5.32 Å². The number of rotatable bonds is 6. The van der Waals surface area contributed by atoms with Gasteiger partial charge in [0.25, 0.3) is 5.91 Å². The zero-order chi connectivity index (χ0) is 14.5. The van der Waals surface area contributed by atoms with Gasteiger partial charge in [0.2, 0.25) is 0 Å². The number of ether oxygens (including phenoxy) is 1. The number of nitrogens with one attached hydrogen (secondary N) is 1. The SMILES string of the molecule is CCc1ccc(C(COC)NC(=O)c2ccc(C)o2)o1. The minimum absolute atomic E-state index is 0.283. The van der Waals surface area contributed by atoms with Crippen molar-refractivity contribution in [3.05, 3.63) is 47.3 Å². The van der Waals surface area contributed by atoms with E-state index < -0.39 is 0 Å². The fourth-order valence-corrected chi connectivity index (χ4v) is 1.92. The highest BCUT2D eigenvalue weighted by atomic mass is 16.5. The second-order valence-electron chi connectivity index (χ2n) is 4.55. The maximum Gasteiger partial charge on any atom is 0.287 e. The van der Waals surface area contributed by atoms with Crippen LogP contribution in [0.2, 0.25) is 0 Å². The summed E-state index contributed by atoms with van der Waals surface area (Å²) < 4.78 is 16.1. The first kappa shape index (κ1) is 14.4. The van der Waals surface area contributed by atoms with Gasteiger partial charge in [-0.2, -0.15) is 0 Å². The molecule has 0 saturated heterocycles. The lowest BCUT2D eigenvalue weighted by Crippen LogP contribution is -2.30. The highest BCUT2D eigenvalue weighted by Gasteiger charge is 2.20. The molecule has 20 heavy (non-hydrogen) atoms. The number of hydrogen-bond donors (Lipinski definition) is 1. The number of hydrogen-bond acceptors (Lipinski definition) is 4. The van der Waals surface area contributed by atoms with Crippen LogP contribution >= 0.6 is 0 Å². The molecule has 5 nitrogen and oxygen atoms in total. The van der Waals surface area contributed by atoms with Gasteiger partial charge in [-0.25, -0.2) is 0 Å². The Balaban J connectivity index is 2.10. The summed E-state index contributed by atoms with van der Waals surface area (Å²) in [6.45, 7) is 4.14. The molecule has 1 N–H and O–H groups in total. The van der Waals surface area contributed by atoms with Gasteiger partial charge in [0, 0.05) is 13.5 Å². The van der Waals surface area contributed by atoms with Crippen LogP contribution < -0.4 is 5.32 Å². The number of furan rings is 2. The summed E-state index contributed by atoms with van der Waals surface area (Å²) in [5, 5.41) is 2.85. The van der Waals surface area contributed by atoms with Gasteiger partial charge in [-0.05, 0) is 31.2 Å². The van der Waals surface area contributed by atoms with Gasteiger partial charge >= 0.3 is 0 Å². The Morgan fingerprint density at radius 3 is 2.65 bits per heavy atom. The van der Waals surface area contributed by atoms with Crippen molar-refractivity contribution in [3.63, 3.8) is 0 Å². The summed E-state index contributed by atoms with van der Waals surface area (Å²) in [4.78, 5) is 12.1. The molecule has 5 heteroatoms. The van der Waals surface area contributed by atoms with Crippen LogP contribution in [-0.4, -0.2) is 19.6 Å². The van der Waals surface area contributed by atoms with E-state index in [0.29, 0.717) is 18.1 Å². The van der Waals surface area contributed by atoms with E-state index in [1.54, 1.807) is 26.2 Å². The van der Waals surface area contributed by atoms with Gasteiger partial charge in [-0.1, -0.05) is 6.92 Å². The third kappa shape index (κ3) is 3.30. The van der Waals surface area contributed by atoms with Gasteiger partial charge in [-0.15, -0.1) is 0 Å². The third-order valence-corrected chi connectivity index (χ3v) is 2.98. The molecule has 2 aromatic rings. The molecule has 2 rings (SSSR count). The van der Waals surface area contributed by atoms with Crippen LogP contribution in [0.1, 0.15) is 40.8 Å². The van der Waals surface area contributed by atoms with Crippen LogP contribution in [0.4, 0.5) is 0 Å². The summed E-state index contributed by atoms with van der Waals surface area (Å²) in [6, 6.07) is 6.83. The third-order valence-electron chi connectivity index (χ3n) is 2.98. The average molecular weight is 277 g/mol. The van der Waals surface area contributed by atoms with Crippen molar-refractivity contribution in [2.75, 3.05) is 13.7 Å². The van der Waals surface area contributed by atoms with Crippen LogP contribution in [0.25, 0.3) is 0 Å². The van der Waals surface area contributed by atoms with E-state index in [1.165, 1.54) is 0 Å². The fraction of sp³-hybridized carbons (Fsp3) is 0.400. The summed E-state index contributed by atoms with van der Waals surface area (Å²) in [7, 11) is 1.58. The minimum Gasteiger partial charge on any atom is -0.464 e. The first-order valence-electron chi connectivity index (χ1n) is 6.59. The Hall–Kier alpha value is -2.01. The quantitative estimate of drug-likeness (QED) is 0.881. The molecule has 0 saturated carbocycles. The summed E-state index contributed by atoms with van der Waals surface area (Å²) in [5.41, 5.74) is 0. The van der Waals surface area contributed by atoms with E-state index in [-0.39, 0.29) is 17.7 Å². The standard InChI is InChI=1S/C15H19NO4/c1-4-11-6-8-13(20-11)12(9-18-3)16-15(17)14-7-5-10(2)19-14/h5-8,12H,4,9H2,1-3H3,(H,16,17). The van der Waals surface area contributed by atoms with Gasteiger partial charge in [-0.3, -0.25) is 4.79 Å². The molecule has 0 spiro atoms.